The molecule has 0 radical (unpaired) electrons. The van der Waals surface area contributed by atoms with Crippen molar-refractivity contribution >= 4 is 6.03 Å². The van der Waals surface area contributed by atoms with Crippen LogP contribution in [0, 0.1) is 0 Å². The number of nitrogens with one attached hydrogen (secondary N) is 2. The quantitative estimate of drug-likeness (QED) is 0.656. The van der Waals surface area contributed by atoms with E-state index in [0.29, 0.717) is 13.1 Å². The summed E-state index contributed by atoms with van der Waals surface area (Å²) in [6.45, 7) is 3.19. The van der Waals surface area contributed by atoms with Crippen LogP contribution in [-0.4, -0.2) is 18.6 Å². The molecule has 0 aliphatic carbocycles. The molecule has 0 saturated heterocycles. The van der Waals surface area contributed by atoms with Crippen LogP contribution < -0.4 is 16.4 Å². The van der Waals surface area contributed by atoms with Gasteiger partial charge in [-0.25, -0.2) is 4.79 Å². The molecular weight excluding hydrogens is 214 g/mol. The Morgan fingerprint density at radius 1 is 1.29 bits per heavy atom. The number of rotatable bonds is 6. The molecule has 0 heterocycles. The first-order chi connectivity index (χ1) is 8.18. The van der Waals surface area contributed by atoms with Crippen molar-refractivity contribution in [3.8, 4) is 0 Å². The number of carbonyl (C=O) groups excluding carboxylic acids is 1. The molecule has 1 rings (SSSR count). The van der Waals surface area contributed by atoms with E-state index in [9.17, 15) is 4.79 Å². The Bertz CT molecular complexity index is 325. The van der Waals surface area contributed by atoms with Gasteiger partial charge in [-0.05, 0) is 25.3 Å². The minimum atomic E-state index is -0.126. The van der Waals surface area contributed by atoms with Crippen LogP contribution in [0.1, 0.15) is 25.3 Å². The third-order valence-corrected chi connectivity index (χ3v) is 2.42. The van der Waals surface area contributed by atoms with Gasteiger partial charge in [0, 0.05) is 19.1 Å². The van der Waals surface area contributed by atoms with Crippen molar-refractivity contribution in [1.82, 2.24) is 10.6 Å². The Morgan fingerprint density at radius 3 is 2.65 bits per heavy atom. The number of amides is 2. The van der Waals surface area contributed by atoms with E-state index >= 15 is 0 Å². The molecule has 0 aliphatic rings. The third-order valence-electron chi connectivity index (χ3n) is 2.42. The molecule has 0 aromatic heterocycles. The molecule has 0 spiro atoms. The van der Waals surface area contributed by atoms with Gasteiger partial charge in [0.1, 0.15) is 0 Å². The highest BCUT2D eigenvalue weighted by molar-refractivity contribution is 5.73. The van der Waals surface area contributed by atoms with Gasteiger partial charge in [-0.3, -0.25) is 0 Å². The Balaban J connectivity index is 2.09. The van der Waals surface area contributed by atoms with E-state index in [0.717, 1.165) is 18.4 Å². The smallest absolute Gasteiger partial charge is 0.315 e. The van der Waals surface area contributed by atoms with Crippen molar-refractivity contribution in [2.24, 2.45) is 5.73 Å². The van der Waals surface area contributed by atoms with Gasteiger partial charge in [0.25, 0.3) is 0 Å². The van der Waals surface area contributed by atoms with Crippen molar-refractivity contribution in [3.63, 3.8) is 0 Å². The second-order valence-electron chi connectivity index (χ2n) is 4.21. The summed E-state index contributed by atoms with van der Waals surface area (Å²) in [7, 11) is 0. The number of nitrogens with two attached hydrogens (primary N) is 1. The van der Waals surface area contributed by atoms with Gasteiger partial charge >= 0.3 is 6.03 Å². The van der Waals surface area contributed by atoms with Crippen molar-refractivity contribution in [3.05, 3.63) is 35.9 Å². The predicted molar refractivity (Wildman–Crippen MR) is 69.6 cm³/mol. The van der Waals surface area contributed by atoms with Crippen LogP contribution in [0.3, 0.4) is 0 Å². The van der Waals surface area contributed by atoms with Crippen LogP contribution in [0.5, 0.6) is 0 Å². The monoisotopic (exact) mass is 235 g/mol. The van der Waals surface area contributed by atoms with Crippen LogP contribution in [-0.2, 0) is 6.54 Å². The van der Waals surface area contributed by atoms with Gasteiger partial charge < -0.3 is 16.4 Å². The zero-order chi connectivity index (χ0) is 12.5. The molecular formula is C13H21N3O. The second-order valence-corrected chi connectivity index (χ2v) is 4.21. The fourth-order valence-corrected chi connectivity index (χ4v) is 1.47. The fraction of sp³-hybridized carbons (Fsp3) is 0.462. The summed E-state index contributed by atoms with van der Waals surface area (Å²) in [5.41, 5.74) is 6.71. The van der Waals surface area contributed by atoms with E-state index in [2.05, 4.69) is 10.6 Å². The highest BCUT2D eigenvalue weighted by Gasteiger charge is 2.00. The first kappa shape index (κ1) is 13.5. The lowest BCUT2D eigenvalue weighted by atomic mass is 10.2. The Hall–Kier alpha value is -1.55. The summed E-state index contributed by atoms with van der Waals surface area (Å²) >= 11 is 0. The lowest BCUT2D eigenvalue weighted by Gasteiger charge is -2.08. The van der Waals surface area contributed by atoms with E-state index in [1.165, 1.54) is 0 Å². The number of benzene rings is 1. The zero-order valence-electron chi connectivity index (χ0n) is 10.3. The van der Waals surface area contributed by atoms with E-state index in [4.69, 9.17) is 5.73 Å². The summed E-state index contributed by atoms with van der Waals surface area (Å²) in [5, 5.41) is 5.61. The van der Waals surface area contributed by atoms with E-state index < -0.39 is 0 Å². The fourth-order valence-electron chi connectivity index (χ4n) is 1.47. The summed E-state index contributed by atoms with van der Waals surface area (Å²) in [4.78, 5) is 11.4. The maximum atomic E-state index is 11.4. The van der Waals surface area contributed by atoms with Crippen LogP contribution >= 0.6 is 0 Å². The summed E-state index contributed by atoms with van der Waals surface area (Å²) in [5.74, 6) is 0. The number of urea groups is 1. The molecule has 17 heavy (non-hydrogen) atoms. The highest BCUT2D eigenvalue weighted by atomic mass is 16.2. The Labute approximate surface area is 103 Å². The zero-order valence-corrected chi connectivity index (χ0v) is 10.3. The molecule has 0 fully saturated rings. The van der Waals surface area contributed by atoms with Gasteiger partial charge in [-0.2, -0.15) is 0 Å². The van der Waals surface area contributed by atoms with E-state index in [-0.39, 0.29) is 12.1 Å². The number of hydrogen-bond donors (Lipinski definition) is 3. The van der Waals surface area contributed by atoms with Crippen molar-refractivity contribution in [2.45, 2.75) is 32.4 Å². The van der Waals surface area contributed by atoms with Gasteiger partial charge in [0.15, 0.2) is 0 Å². The van der Waals surface area contributed by atoms with Crippen molar-refractivity contribution < 1.29 is 4.79 Å². The Kier molecular flexibility index (Phi) is 6.10. The molecule has 1 atom stereocenters. The summed E-state index contributed by atoms with van der Waals surface area (Å²) in [6, 6.07) is 9.90. The largest absolute Gasteiger partial charge is 0.338 e. The first-order valence-corrected chi connectivity index (χ1v) is 5.99. The maximum Gasteiger partial charge on any atom is 0.315 e. The van der Waals surface area contributed by atoms with Crippen molar-refractivity contribution in [2.75, 3.05) is 6.54 Å². The topological polar surface area (TPSA) is 67.1 Å². The summed E-state index contributed by atoms with van der Waals surface area (Å²) < 4.78 is 0. The lowest BCUT2D eigenvalue weighted by molar-refractivity contribution is 0.240. The van der Waals surface area contributed by atoms with E-state index in [1.54, 1.807) is 0 Å². The summed E-state index contributed by atoms with van der Waals surface area (Å²) in [6.07, 6.45) is 1.84. The van der Waals surface area contributed by atoms with E-state index in [1.807, 2.05) is 37.3 Å². The number of hydrogen-bond acceptors (Lipinski definition) is 2. The van der Waals surface area contributed by atoms with Crippen LogP contribution in [0.25, 0.3) is 0 Å². The molecule has 1 aromatic carbocycles. The van der Waals surface area contributed by atoms with Gasteiger partial charge in [-0.1, -0.05) is 30.3 Å². The molecule has 0 bridgehead atoms. The Morgan fingerprint density at radius 2 is 2.00 bits per heavy atom. The predicted octanol–water partition coefficient (Wildman–Crippen LogP) is 1.61. The van der Waals surface area contributed by atoms with Crippen LogP contribution in [0.4, 0.5) is 4.79 Å². The minimum Gasteiger partial charge on any atom is -0.338 e. The minimum absolute atomic E-state index is 0.126. The van der Waals surface area contributed by atoms with Crippen molar-refractivity contribution in [1.29, 1.82) is 0 Å². The highest BCUT2D eigenvalue weighted by Crippen LogP contribution is 1.96. The molecule has 4 heteroatoms. The average molecular weight is 235 g/mol. The standard InChI is InChI=1S/C13H21N3O/c1-11(14)6-5-9-15-13(17)16-10-12-7-3-2-4-8-12/h2-4,7-8,11H,5-6,9-10,14H2,1H3,(H2,15,16,17). The molecule has 2 amide bonds. The molecule has 1 unspecified atom stereocenters. The first-order valence-electron chi connectivity index (χ1n) is 5.99. The average Bonchev–Trinajstić information content (AvgIpc) is 2.33. The molecule has 4 nitrogen and oxygen atoms in total. The molecule has 0 saturated carbocycles. The van der Waals surface area contributed by atoms with Gasteiger partial charge in [-0.15, -0.1) is 0 Å². The normalized spacial score (nSPS) is 11.9. The molecule has 4 N–H and O–H groups in total. The molecule has 0 aliphatic heterocycles. The maximum absolute atomic E-state index is 11.4. The second kappa shape index (κ2) is 7.68. The van der Waals surface area contributed by atoms with Crippen LogP contribution in [0.2, 0.25) is 0 Å². The van der Waals surface area contributed by atoms with Crippen LogP contribution in [0.15, 0.2) is 30.3 Å². The lowest BCUT2D eigenvalue weighted by Crippen LogP contribution is -2.35. The van der Waals surface area contributed by atoms with Gasteiger partial charge in [0.05, 0.1) is 0 Å². The molecule has 1 aromatic rings. The molecule has 94 valence electrons. The van der Waals surface area contributed by atoms with Gasteiger partial charge in [0.2, 0.25) is 0 Å². The number of carbonyl (C=O) groups is 1. The third kappa shape index (κ3) is 6.58. The SMILES string of the molecule is CC(N)CCCNC(=O)NCc1ccccc1.